The quantitative estimate of drug-likeness (QED) is 0.394. The van der Waals surface area contributed by atoms with Crippen molar-refractivity contribution >= 4 is 17.6 Å². The van der Waals surface area contributed by atoms with Gasteiger partial charge in [0.25, 0.3) is 0 Å². The molecule has 1 aromatic carbocycles. The Morgan fingerprint density at radius 1 is 1.14 bits per heavy atom. The predicted octanol–water partition coefficient (Wildman–Crippen LogP) is 2.87. The van der Waals surface area contributed by atoms with Gasteiger partial charge in [0.1, 0.15) is 5.15 Å². The number of hydrogen-bond donors (Lipinski definition) is 2. The summed E-state index contributed by atoms with van der Waals surface area (Å²) < 4.78 is 5.43. The van der Waals surface area contributed by atoms with E-state index in [9.17, 15) is 0 Å². The van der Waals surface area contributed by atoms with E-state index in [-0.39, 0.29) is 0 Å². The van der Waals surface area contributed by atoms with Gasteiger partial charge >= 0.3 is 0 Å². The number of guanidine groups is 1. The molecule has 1 aromatic heterocycles. The topological polar surface area (TPSA) is 61.8 Å². The number of nitrogens with one attached hydrogen (secondary N) is 2. The van der Waals surface area contributed by atoms with Crippen molar-refractivity contribution in [2.24, 2.45) is 4.99 Å². The van der Waals surface area contributed by atoms with Crippen molar-refractivity contribution in [3.8, 4) is 0 Å². The van der Waals surface area contributed by atoms with Crippen molar-refractivity contribution in [2.45, 2.75) is 26.4 Å². The zero-order chi connectivity index (χ0) is 20.3. The van der Waals surface area contributed by atoms with Crippen LogP contribution in [-0.2, 0) is 24.2 Å². The smallest absolute Gasteiger partial charge is 0.191 e. The molecule has 1 aliphatic heterocycles. The molecule has 0 saturated carbocycles. The van der Waals surface area contributed by atoms with E-state index in [1.54, 1.807) is 0 Å². The summed E-state index contributed by atoms with van der Waals surface area (Å²) in [6, 6.07) is 12.5. The van der Waals surface area contributed by atoms with Crippen molar-refractivity contribution < 1.29 is 4.74 Å². The highest BCUT2D eigenvalue weighted by molar-refractivity contribution is 6.29. The lowest BCUT2D eigenvalue weighted by Gasteiger charge is -2.26. The fraction of sp³-hybridized carbons (Fsp3) is 0.455. The highest BCUT2D eigenvalue weighted by Gasteiger charge is 2.10. The molecule has 0 aliphatic carbocycles. The molecule has 29 heavy (non-hydrogen) atoms. The maximum atomic E-state index is 5.84. The van der Waals surface area contributed by atoms with Crippen LogP contribution in [0.1, 0.15) is 23.6 Å². The van der Waals surface area contributed by atoms with Gasteiger partial charge in [-0.1, -0.05) is 41.9 Å². The second kappa shape index (κ2) is 11.8. The fourth-order valence-corrected chi connectivity index (χ4v) is 3.35. The van der Waals surface area contributed by atoms with E-state index in [1.165, 1.54) is 11.1 Å². The summed E-state index contributed by atoms with van der Waals surface area (Å²) in [5.41, 5.74) is 3.69. The van der Waals surface area contributed by atoms with E-state index in [0.29, 0.717) is 11.7 Å². The molecule has 2 heterocycles. The summed E-state index contributed by atoms with van der Waals surface area (Å²) in [5, 5.41) is 7.22. The Bertz CT molecular complexity index is 775. The number of morpholine rings is 1. The van der Waals surface area contributed by atoms with Crippen LogP contribution in [0.3, 0.4) is 0 Å². The summed E-state index contributed by atoms with van der Waals surface area (Å²) in [7, 11) is 0. The Kier molecular flexibility index (Phi) is 8.74. The molecule has 0 spiro atoms. The Morgan fingerprint density at radius 2 is 1.97 bits per heavy atom. The number of hydrogen-bond acceptors (Lipinski definition) is 4. The number of nitrogens with zero attached hydrogens (tertiary/aromatic N) is 3. The molecule has 0 atom stereocenters. The van der Waals surface area contributed by atoms with Gasteiger partial charge in [0, 0.05) is 38.9 Å². The van der Waals surface area contributed by atoms with E-state index < -0.39 is 0 Å². The molecule has 0 radical (unpaired) electrons. The Morgan fingerprint density at radius 3 is 2.72 bits per heavy atom. The van der Waals surface area contributed by atoms with E-state index in [2.05, 4.69) is 51.7 Å². The maximum absolute atomic E-state index is 5.84. The lowest BCUT2D eigenvalue weighted by molar-refractivity contribution is 0.0342. The number of aliphatic imine (C=N–C) groups is 1. The molecule has 156 valence electrons. The normalized spacial score (nSPS) is 15.3. The lowest BCUT2D eigenvalue weighted by Crippen LogP contribution is -2.38. The van der Waals surface area contributed by atoms with Crippen molar-refractivity contribution in [1.82, 2.24) is 20.5 Å². The summed E-state index contributed by atoms with van der Waals surface area (Å²) in [6.45, 7) is 8.95. The van der Waals surface area contributed by atoms with Gasteiger partial charge in [-0.2, -0.15) is 0 Å². The van der Waals surface area contributed by atoms with Crippen LogP contribution in [0.15, 0.2) is 47.6 Å². The predicted molar refractivity (Wildman–Crippen MR) is 118 cm³/mol. The van der Waals surface area contributed by atoms with Crippen molar-refractivity contribution in [3.05, 3.63) is 64.4 Å². The summed E-state index contributed by atoms with van der Waals surface area (Å²) >= 11 is 5.84. The van der Waals surface area contributed by atoms with Crippen LogP contribution in [0.4, 0.5) is 0 Å². The van der Waals surface area contributed by atoms with Crippen LogP contribution < -0.4 is 10.6 Å². The van der Waals surface area contributed by atoms with Crippen LogP contribution in [0.5, 0.6) is 0 Å². The van der Waals surface area contributed by atoms with E-state index in [1.807, 2.05) is 18.3 Å². The first-order valence-corrected chi connectivity index (χ1v) is 10.6. The molecule has 2 aromatic rings. The summed E-state index contributed by atoms with van der Waals surface area (Å²) in [6.07, 6.45) is 2.68. The van der Waals surface area contributed by atoms with Gasteiger partial charge < -0.3 is 15.4 Å². The molecule has 0 bridgehead atoms. The molecule has 7 heteroatoms. The number of ether oxygens (including phenoxy) is 1. The summed E-state index contributed by atoms with van der Waals surface area (Å²) in [4.78, 5) is 11.3. The van der Waals surface area contributed by atoms with Gasteiger partial charge in [0.2, 0.25) is 0 Å². The zero-order valence-electron chi connectivity index (χ0n) is 17.0. The van der Waals surface area contributed by atoms with Gasteiger partial charge in [0.15, 0.2) is 5.96 Å². The monoisotopic (exact) mass is 415 g/mol. The Labute approximate surface area is 178 Å². The third-order valence-corrected chi connectivity index (χ3v) is 4.98. The SMILES string of the molecule is CCNC(=NCc1cccc(CN2CCOCC2)c1)NCCc1ccc(Cl)nc1. The van der Waals surface area contributed by atoms with Crippen LogP contribution in [0.25, 0.3) is 0 Å². The minimum absolute atomic E-state index is 0.521. The van der Waals surface area contributed by atoms with Gasteiger partial charge in [0.05, 0.1) is 19.8 Å². The second-order valence-electron chi connectivity index (χ2n) is 7.07. The second-order valence-corrected chi connectivity index (χ2v) is 7.46. The molecule has 2 N–H and O–H groups in total. The van der Waals surface area contributed by atoms with E-state index in [0.717, 1.165) is 63.9 Å². The third kappa shape index (κ3) is 7.65. The average molecular weight is 416 g/mol. The largest absolute Gasteiger partial charge is 0.379 e. The number of halogens is 1. The van der Waals surface area contributed by atoms with Crippen molar-refractivity contribution in [3.63, 3.8) is 0 Å². The molecule has 1 fully saturated rings. The standard InChI is InChI=1S/C22H30ClN5O/c1-2-24-22(25-9-8-18-6-7-21(23)26-15-18)27-16-19-4-3-5-20(14-19)17-28-10-12-29-13-11-28/h3-7,14-15H,2,8-13,16-17H2,1H3,(H2,24,25,27). The molecule has 0 amide bonds. The number of pyridine rings is 1. The van der Waals surface area contributed by atoms with Gasteiger partial charge in [-0.15, -0.1) is 0 Å². The Hall–Kier alpha value is -2.15. The van der Waals surface area contributed by atoms with Gasteiger partial charge in [-0.05, 0) is 36.1 Å². The minimum Gasteiger partial charge on any atom is -0.379 e. The number of rotatable bonds is 8. The molecule has 1 aliphatic rings. The molecular formula is C22H30ClN5O. The first-order chi connectivity index (χ1) is 14.2. The number of benzene rings is 1. The molecule has 6 nitrogen and oxygen atoms in total. The minimum atomic E-state index is 0.521. The van der Waals surface area contributed by atoms with Crippen molar-refractivity contribution in [2.75, 3.05) is 39.4 Å². The fourth-order valence-electron chi connectivity index (χ4n) is 3.24. The first kappa shape index (κ1) is 21.6. The zero-order valence-corrected chi connectivity index (χ0v) is 17.8. The van der Waals surface area contributed by atoms with E-state index >= 15 is 0 Å². The van der Waals surface area contributed by atoms with Gasteiger partial charge in [-0.3, -0.25) is 4.90 Å². The lowest BCUT2D eigenvalue weighted by atomic mass is 10.1. The van der Waals surface area contributed by atoms with Crippen molar-refractivity contribution in [1.29, 1.82) is 0 Å². The molecular weight excluding hydrogens is 386 g/mol. The molecule has 1 saturated heterocycles. The van der Waals surface area contributed by atoms with Crippen LogP contribution in [0.2, 0.25) is 5.15 Å². The molecule has 0 unspecified atom stereocenters. The highest BCUT2D eigenvalue weighted by atomic mass is 35.5. The third-order valence-electron chi connectivity index (χ3n) is 4.76. The van der Waals surface area contributed by atoms with E-state index in [4.69, 9.17) is 21.3 Å². The van der Waals surface area contributed by atoms with Gasteiger partial charge in [-0.25, -0.2) is 9.98 Å². The highest BCUT2D eigenvalue weighted by Crippen LogP contribution is 2.11. The van der Waals surface area contributed by atoms with Crippen LogP contribution in [-0.4, -0.2) is 55.2 Å². The average Bonchev–Trinajstić information content (AvgIpc) is 2.74. The maximum Gasteiger partial charge on any atom is 0.191 e. The van der Waals surface area contributed by atoms with Crippen LogP contribution in [0, 0.1) is 0 Å². The van der Waals surface area contributed by atoms with Crippen LogP contribution >= 0.6 is 11.6 Å². The molecule has 3 rings (SSSR count). The number of aromatic nitrogens is 1. The summed E-state index contributed by atoms with van der Waals surface area (Å²) in [5.74, 6) is 0.827. The first-order valence-electron chi connectivity index (χ1n) is 10.2. The Balaban J connectivity index is 1.52.